The van der Waals surface area contributed by atoms with Crippen molar-refractivity contribution in [1.29, 1.82) is 0 Å². The summed E-state index contributed by atoms with van der Waals surface area (Å²) >= 11 is 0. The maximum absolute atomic E-state index is 12.0. The number of nitrogens with zero attached hydrogens (tertiary/aromatic N) is 3. The Morgan fingerprint density at radius 1 is 1.29 bits per heavy atom. The molecule has 21 heavy (non-hydrogen) atoms. The summed E-state index contributed by atoms with van der Waals surface area (Å²) in [6.07, 6.45) is 3.14. The SMILES string of the molecule is Nc1ccccc1-n1ccc(C(=O)NCc2ccon2)n1. The number of hydrogen-bond acceptors (Lipinski definition) is 5. The molecule has 0 radical (unpaired) electrons. The van der Waals surface area contributed by atoms with Crippen molar-refractivity contribution in [3.63, 3.8) is 0 Å². The van der Waals surface area contributed by atoms with Gasteiger partial charge < -0.3 is 15.6 Å². The van der Waals surface area contributed by atoms with Crippen molar-refractivity contribution in [3.05, 3.63) is 60.2 Å². The minimum absolute atomic E-state index is 0.286. The standard InChI is InChI=1S/C14H13N5O2/c15-11-3-1-2-4-13(11)19-7-5-12(17-19)14(20)16-9-10-6-8-21-18-10/h1-8H,9,15H2,(H,16,20). The molecule has 1 aromatic carbocycles. The van der Waals surface area contributed by atoms with Crippen LogP contribution in [0.1, 0.15) is 16.2 Å². The molecular formula is C14H13N5O2. The van der Waals surface area contributed by atoms with E-state index in [-0.39, 0.29) is 12.5 Å². The largest absolute Gasteiger partial charge is 0.397 e. The fourth-order valence-electron chi connectivity index (χ4n) is 1.87. The summed E-state index contributed by atoms with van der Waals surface area (Å²) in [4.78, 5) is 12.0. The van der Waals surface area contributed by atoms with Crippen molar-refractivity contribution in [2.24, 2.45) is 0 Å². The van der Waals surface area contributed by atoms with Crippen LogP contribution in [-0.2, 0) is 6.54 Å². The molecule has 0 aliphatic carbocycles. The van der Waals surface area contributed by atoms with E-state index in [9.17, 15) is 4.79 Å². The summed E-state index contributed by atoms with van der Waals surface area (Å²) in [6.45, 7) is 0.287. The number of nitrogens with one attached hydrogen (secondary N) is 1. The van der Waals surface area contributed by atoms with Gasteiger partial charge in [-0.25, -0.2) is 4.68 Å². The topological polar surface area (TPSA) is 99.0 Å². The van der Waals surface area contributed by atoms with Crippen LogP contribution in [0.3, 0.4) is 0 Å². The molecule has 0 atom stereocenters. The number of carbonyl (C=O) groups is 1. The number of amides is 1. The molecule has 0 fully saturated rings. The van der Waals surface area contributed by atoms with Gasteiger partial charge >= 0.3 is 0 Å². The molecule has 0 bridgehead atoms. The molecule has 7 heteroatoms. The quantitative estimate of drug-likeness (QED) is 0.704. The third kappa shape index (κ3) is 2.76. The van der Waals surface area contributed by atoms with Gasteiger partial charge in [-0.05, 0) is 18.2 Å². The van der Waals surface area contributed by atoms with Gasteiger partial charge in [-0.15, -0.1) is 0 Å². The second kappa shape index (κ2) is 5.49. The third-order valence-electron chi connectivity index (χ3n) is 2.93. The first-order valence-corrected chi connectivity index (χ1v) is 6.32. The molecule has 0 spiro atoms. The van der Waals surface area contributed by atoms with Crippen molar-refractivity contribution in [2.75, 3.05) is 5.73 Å². The first kappa shape index (κ1) is 12.9. The zero-order valence-electron chi connectivity index (χ0n) is 11.1. The monoisotopic (exact) mass is 283 g/mol. The molecule has 106 valence electrons. The number of nitrogen functional groups attached to an aromatic ring is 1. The van der Waals surface area contributed by atoms with Crippen LogP contribution in [0.15, 0.2) is 53.4 Å². The highest BCUT2D eigenvalue weighted by molar-refractivity contribution is 5.92. The van der Waals surface area contributed by atoms with Crippen molar-refractivity contribution >= 4 is 11.6 Å². The van der Waals surface area contributed by atoms with E-state index in [4.69, 9.17) is 10.3 Å². The Hall–Kier alpha value is -3.09. The van der Waals surface area contributed by atoms with E-state index < -0.39 is 0 Å². The number of carbonyl (C=O) groups excluding carboxylic acids is 1. The van der Waals surface area contributed by atoms with Crippen molar-refractivity contribution in [1.82, 2.24) is 20.3 Å². The Morgan fingerprint density at radius 3 is 2.90 bits per heavy atom. The van der Waals surface area contributed by atoms with Crippen molar-refractivity contribution in [3.8, 4) is 5.69 Å². The minimum Gasteiger partial charge on any atom is -0.397 e. The van der Waals surface area contributed by atoms with E-state index >= 15 is 0 Å². The molecule has 0 aliphatic rings. The minimum atomic E-state index is -0.286. The second-order valence-electron chi connectivity index (χ2n) is 4.38. The Bertz CT molecular complexity index is 748. The Balaban J connectivity index is 1.73. The fourth-order valence-corrected chi connectivity index (χ4v) is 1.87. The van der Waals surface area contributed by atoms with Crippen LogP contribution in [-0.4, -0.2) is 20.8 Å². The average molecular weight is 283 g/mol. The van der Waals surface area contributed by atoms with Crippen LogP contribution in [0.5, 0.6) is 0 Å². The van der Waals surface area contributed by atoms with Crippen LogP contribution in [0, 0.1) is 0 Å². The molecular weight excluding hydrogens is 270 g/mol. The molecule has 0 aliphatic heterocycles. The zero-order valence-corrected chi connectivity index (χ0v) is 11.1. The van der Waals surface area contributed by atoms with Gasteiger partial charge in [0.1, 0.15) is 12.0 Å². The highest BCUT2D eigenvalue weighted by Gasteiger charge is 2.11. The molecule has 0 unspecified atom stereocenters. The smallest absolute Gasteiger partial charge is 0.272 e. The molecule has 0 saturated carbocycles. The van der Waals surface area contributed by atoms with Crippen LogP contribution in [0.2, 0.25) is 0 Å². The summed E-state index contributed by atoms with van der Waals surface area (Å²) in [6, 6.07) is 10.6. The summed E-state index contributed by atoms with van der Waals surface area (Å²) < 4.78 is 6.26. The molecule has 1 amide bonds. The zero-order chi connectivity index (χ0) is 14.7. The van der Waals surface area contributed by atoms with E-state index in [1.165, 1.54) is 6.26 Å². The average Bonchev–Trinajstić information content (AvgIpc) is 3.17. The predicted molar refractivity (Wildman–Crippen MR) is 75.6 cm³/mol. The highest BCUT2D eigenvalue weighted by Crippen LogP contribution is 2.15. The van der Waals surface area contributed by atoms with E-state index in [1.54, 1.807) is 29.1 Å². The molecule has 3 aromatic rings. The van der Waals surface area contributed by atoms with Crippen LogP contribution < -0.4 is 11.1 Å². The number of rotatable bonds is 4. The molecule has 2 heterocycles. The van der Waals surface area contributed by atoms with Crippen molar-refractivity contribution in [2.45, 2.75) is 6.54 Å². The molecule has 0 saturated heterocycles. The van der Waals surface area contributed by atoms with E-state index in [1.807, 2.05) is 18.2 Å². The summed E-state index contributed by atoms with van der Waals surface area (Å²) in [5.74, 6) is -0.286. The normalized spacial score (nSPS) is 10.5. The summed E-state index contributed by atoms with van der Waals surface area (Å²) in [5, 5.41) is 10.6. The first-order chi connectivity index (χ1) is 10.2. The lowest BCUT2D eigenvalue weighted by atomic mass is 10.3. The third-order valence-corrected chi connectivity index (χ3v) is 2.93. The van der Waals surface area contributed by atoms with Crippen LogP contribution in [0.25, 0.3) is 5.69 Å². The lowest BCUT2D eigenvalue weighted by Gasteiger charge is -2.04. The van der Waals surface area contributed by atoms with Crippen LogP contribution in [0.4, 0.5) is 5.69 Å². The maximum Gasteiger partial charge on any atom is 0.272 e. The molecule has 7 nitrogen and oxygen atoms in total. The lowest BCUT2D eigenvalue weighted by molar-refractivity contribution is 0.0944. The van der Waals surface area contributed by atoms with Gasteiger partial charge in [0.05, 0.1) is 17.9 Å². The Morgan fingerprint density at radius 2 is 2.14 bits per heavy atom. The van der Waals surface area contributed by atoms with Gasteiger partial charge in [0, 0.05) is 12.3 Å². The number of para-hydroxylation sites is 2. The van der Waals surface area contributed by atoms with Gasteiger partial charge in [0.25, 0.3) is 5.91 Å². The van der Waals surface area contributed by atoms with E-state index in [0.717, 1.165) is 5.69 Å². The predicted octanol–water partition coefficient (Wildman–Crippen LogP) is 1.37. The highest BCUT2D eigenvalue weighted by atomic mass is 16.5. The number of hydrogen-bond donors (Lipinski definition) is 2. The van der Waals surface area contributed by atoms with Gasteiger partial charge in [0.15, 0.2) is 5.69 Å². The summed E-state index contributed by atoms with van der Waals surface area (Å²) in [7, 11) is 0. The van der Waals surface area contributed by atoms with Gasteiger partial charge in [-0.2, -0.15) is 5.10 Å². The van der Waals surface area contributed by atoms with E-state index in [2.05, 4.69) is 15.6 Å². The van der Waals surface area contributed by atoms with Gasteiger partial charge in [0.2, 0.25) is 0 Å². The number of aromatic nitrogens is 3. The second-order valence-corrected chi connectivity index (χ2v) is 4.38. The first-order valence-electron chi connectivity index (χ1n) is 6.32. The Labute approximate surface area is 120 Å². The maximum atomic E-state index is 12.0. The van der Waals surface area contributed by atoms with E-state index in [0.29, 0.717) is 17.1 Å². The van der Waals surface area contributed by atoms with Crippen LogP contribution >= 0.6 is 0 Å². The molecule has 3 N–H and O–H groups in total. The summed E-state index contributed by atoms with van der Waals surface area (Å²) in [5.41, 5.74) is 8.16. The fraction of sp³-hybridized carbons (Fsp3) is 0.0714. The number of benzene rings is 1. The number of anilines is 1. The van der Waals surface area contributed by atoms with Crippen molar-refractivity contribution < 1.29 is 9.32 Å². The lowest BCUT2D eigenvalue weighted by Crippen LogP contribution is -2.23. The van der Waals surface area contributed by atoms with Gasteiger partial charge in [-0.3, -0.25) is 4.79 Å². The molecule has 2 aromatic heterocycles. The van der Waals surface area contributed by atoms with Gasteiger partial charge in [-0.1, -0.05) is 17.3 Å². The Kier molecular flexibility index (Phi) is 3.38. The molecule has 3 rings (SSSR count). The number of nitrogens with two attached hydrogens (primary N) is 1.